The normalized spacial score (nSPS) is 19.6. The van der Waals surface area contributed by atoms with Crippen LogP contribution in [0.3, 0.4) is 0 Å². The summed E-state index contributed by atoms with van der Waals surface area (Å²) in [5, 5.41) is 12.9. The predicted molar refractivity (Wildman–Crippen MR) is 125 cm³/mol. The van der Waals surface area contributed by atoms with E-state index in [2.05, 4.69) is 57.7 Å². The van der Waals surface area contributed by atoms with Gasteiger partial charge in [0.2, 0.25) is 0 Å². The third-order valence-electron chi connectivity index (χ3n) is 6.16. The van der Waals surface area contributed by atoms with Crippen molar-refractivity contribution in [3.63, 3.8) is 0 Å². The predicted octanol–water partition coefficient (Wildman–Crippen LogP) is 4.94. The van der Waals surface area contributed by atoms with E-state index in [0.29, 0.717) is 12.6 Å². The smallest absolute Gasteiger partial charge is 0.133 e. The largest absolute Gasteiger partial charge is 0.464 e. The fourth-order valence-corrected chi connectivity index (χ4v) is 4.42. The van der Waals surface area contributed by atoms with Crippen LogP contribution in [-0.4, -0.2) is 35.4 Å². The number of aliphatic hydroxyl groups excluding tert-OH is 1. The summed E-state index contributed by atoms with van der Waals surface area (Å²) >= 11 is 0. The number of nitrogens with zero attached hydrogens (tertiary/aromatic N) is 2. The molecule has 0 radical (unpaired) electrons. The Kier molecular flexibility index (Phi) is 5.69. The van der Waals surface area contributed by atoms with Crippen LogP contribution >= 0.6 is 0 Å². The molecule has 1 unspecified atom stereocenters. The standard InChI is InChI=1S/C26H27N3O2/c30-18-24-3-1-11-29(24)17-19-5-9-23(10-6-19)28-16-22-15-27-14-21-8-7-20(13-25(21)22)26-4-2-12-31-26/h2,4-10,12-13,15-16,24,28,30H,1,3,11,14,17-18H2. The van der Waals surface area contributed by atoms with Gasteiger partial charge in [-0.25, -0.2) is 0 Å². The summed E-state index contributed by atoms with van der Waals surface area (Å²) in [5.41, 5.74) is 6.83. The van der Waals surface area contributed by atoms with Crippen LogP contribution in [0, 0.1) is 0 Å². The zero-order valence-electron chi connectivity index (χ0n) is 17.5. The summed E-state index contributed by atoms with van der Waals surface area (Å²) in [6.07, 6.45) is 7.91. The SMILES string of the molecule is OCC1CCCN1Cc1ccc(NC=C2C=NCc3ccc(-c4ccco4)cc32)cc1. The molecule has 1 fully saturated rings. The van der Waals surface area contributed by atoms with E-state index in [9.17, 15) is 5.11 Å². The monoisotopic (exact) mass is 413 g/mol. The van der Waals surface area contributed by atoms with E-state index in [1.165, 1.54) is 23.1 Å². The van der Waals surface area contributed by atoms with Gasteiger partial charge in [0.15, 0.2) is 0 Å². The van der Waals surface area contributed by atoms with Crippen molar-refractivity contribution in [3.8, 4) is 11.3 Å². The molecule has 0 bridgehead atoms. The van der Waals surface area contributed by atoms with Crippen LogP contribution in [0.2, 0.25) is 0 Å². The highest BCUT2D eigenvalue weighted by Crippen LogP contribution is 2.29. The van der Waals surface area contributed by atoms with Gasteiger partial charge >= 0.3 is 0 Å². The van der Waals surface area contributed by atoms with E-state index >= 15 is 0 Å². The van der Waals surface area contributed by atoms with Crippen LogP contribution in [0.5, 0.6) is 0 Å². The fraction of sp³-hybridized carbons (Fsp3) is 0.269. The quantitative estimate of drug-likeness (QED) is 0.601. The first kappa shape index (κ1) is 19.8. The molecule has 0 spiro atoms. The van der Waals surface area contributed by atoms with Crippen LogP contribution in [0.4, 0.5) is 5.69 Å². The van der Waals surface area contributed by atoms with Crippen LogP contribution in [0.15, 0.2) is 76.5 Å². The van der Waals surface area contributed by atoms with Crippen molar-refractivity contribution >= 4 is 17.5 Å². The van der Waals surface area contributed by atoms with Gasteiger partial charge in [-0.2, -0.15) is 0 Å². The first-order valence-corrected chi connectivity index (χ1v) is 10.9. The van der Waals surface area contributed by atoms with Gasteiger partial charge in [0.25, 0.3) is 0 Å². The number of aliphatic hydroxyl groups is 1. The molecule has 0 aliphatic carbocycles. The summed E-state index contributed by atoms with van der Waals surface area (Å²) in [6, 6.07) is 19.1. The summed E-state index contributed by atoms with van der Waals surface area (Å²) in [6.45, 7) is 2.90. The molecular formula is C26H27N3O2. The Morgan fingerprint density at radius 2 is 2.06 bits per heavy atom. The van der Waals surface area contributed by atoms with Crippen molar-refractivity contribution in [1.29, 1.82) is 0 Å². The van der Waals surface area contributed by atoms with Crippen molar-refractivity contribution < 1.29 is 9.52 Å². The maximum Gasteiger partial charge on any atom is 0.133 e. The van der Waals surface area contributed by atoms with Gasteiger partial charge in [0.05, 0.1) is 19.4 Å². The molecule has 3 heterocycles. The van der Waals surface area contributed by atoms with Crippen molar-refractivity contribution in [2.45, 2.75) is 32.0 Å². The highest BCUT2D eigenvalue weighted by atomic mass is 16.3. The molecule has 5 rings (SSSR count). The third-order valence-corrected chi connectivity index (χ3v) is 6.16. The summed E-state index contributed by atoms with van der Waals surface area (Å²) in [4.78, 5) is 6.88. The second kappa shape index (κ2) is 8.92. The molecule has 2 aliphatic heterocycles. The van der Waals surface area contributed by atoms with E-state index in [0.717, 1.165) is 42.1 Å². The summed E-state index contributed by atoms with van der Waals surface area (Å²) in [5.74, 6) is 0.870. The van der Waals surface area contributed by atoms with E-state index in [1.807, 2.05) is 24.5 Å². The van der Waals surface area contributed by atoms with Gasteiger partial charge in [0, 0.05) is 41.8 Å². The zero-order chi connectivity index (χ0) is 21.0. The lowest BCUT2D eigenvalue weighted by molar-refractivity contribution is 0.153. The number of anilines is 1. The van der Waals surface area contributed by atoms with Crippen LogP contribution in [0.1, 0.15) is 29.5 Å². The Morgan fingerprint density at radius 3 is 2.87 bits per heavy atom. The molecule has 3 aromatic rings. The van der Waals surface area contributed by atoms with Gasteiger partial charge in [-0.05, 0) is 66.4 Å². The van der Waals surface area contributed by atoms with Gasteiger partial charge < -0.3 is 14.8 Å². The minimum Gasteiger partial charge on any atom is -0.464 e. The number of aliphatic imine (C=N–C) groups is 1. The summed E-state index contributed by atoms with van der Waals surface area (Å²) < 4.78 is 5.56. The van der Waals surface area contributed by atoms with Crippen LogP contribution in [0.25, 0.3) is 16.9 Å². The second-order valence-corrected chi connectivity index (χ2v) is 8.21. The fourth-order valence-electron chi connectivity index (χ4n) is 4.42. The first-order chi connectivity index (χ1) is 15.3. The van der Waals surface area contributed by atoms with E-state index in [1.54, 1.807) is 6.26 Å². The number of hydrogen-bond acceptors (Lipinski definition) is 5. The van der Waals surface area contributed by atoms with E-state index in [-0.39, 0.29) is 6.61 Å². The van der Waals surface area contributed by atoms with E-state index < -0.39 is 0 Å². The Balaban J connectivity index is 1.30. The van der Waals surface area contributed by atoms with E-state index in [4.69, 9.17) is 4.42 Å². The molecule has 5 heteroatoms. The molecule has 5 nitrogen and oxygen atoms in total. The van der Waals surface area contributed by atoms with Crippen molar-refractivity contribution in [2.75, 3.05) is 18.5 Å². The molecule has 2 aromatic carbocycles. The minimum atomic E-state index is 0.248. The Hall–Kier alpha value is -3.15. The highest BCUT2D eigenvalue weighted by molar-refractivity contribution is 6.12. The van der Waals surface area contributed by atoms with Crippen molar-refractivity contribution in [2.24, 2.45) is 4.99 Å². The molecule has 1 aromatic heterocycles. The highest BCUT2D eigenvalue weighted by Gasteiger charge is 2.23. The van der Waals surface area contributed by atoms with Gasteiger partial charge in [-0.1, -0.05) is 24.3 Å². The minimum absolute atomic E-state index is 0.248. The molecule has 0 amide bonds. The first-order valence-electron chi connectivity index (χ1n) is 10.9. The molecule has 0 saturated carbocycles. The number of likely N-dealkylation sites (tertiary alicyclic amines) is 1. The number of furan rings is 1. The summed E-state index contributed by atoms with van der Waals surface area (Å²) in [7, 11) is 0. The Morgan fingerprint density at radius 1 is 1.16 bits per heavy atom. The zero-order valence-corrected chi connectivity index (χ0v) is 17.5. The van der Waals surface area contributed by atoms with Gasteiger partial charge in [-0.3, -0.25) is 9.89 Å². The maximum atomic E-state index is 9.52. The number of benzene rings is 2. The third kappa shape index (κ3) is 4.33. The number of allylic oxidation sites excluding steroid dienone is 1. The molecule has 158 valence electrons. The lowest BCUT2D eigenvalue weighted by Gasteiger charge is -2.22. The number of rotatable bonds is 6. The van der Waals surface area contributed by atoms with Crippen molar-refractivity contribution in [3.05, 3.63) is 83.8 Å². The molecule has 1 saturated heterocycles. The topological polar surface area (TPSA) is 61.0 Å². The Labute approximate surface area is 182 Å². The lowest BCUT2D eigenvalue weighted by Crippen LogP contribution is -2.31. The lowest BCUT2D eigenvalue weighted by atomic mass is 9.95. The Bertz CT molecular complexity index is 1080. The van der Waals surface area contributed by atoms with Crippen LogP contribution in [-0.2, 0) is 13.1 Å². The second-order valence-electron chi connectivity index (χ2n) is 8.21. The average molecular weight is 414 g/mol. The molecular weight excluding hydrogens is 386 g/mol. The van der Waals surface area contributed by atoms with Crippen LogP contribution < -0.4 is 5.32 Å². The maximum absolute atomic E-state index is 9.52. The number of nitrogens with one attached hydrogen (secondary N) is 1. The number of fused-ring (bicyclic) bond motifs is 1. The molecule has 31 heavy (non-hydrogen) atoms. The average Bonchev–Trinajstić information content (AvgIpc) is 3.50. The van der Waals surface area contributed by atoms with Gasteiger partial charge in [0.1, 0.15) is 5.76 Å². The molecule has 2 N–H and O–H groups in total. The number of hydrogen-bond donors (Lipinski definition) is 2. The van der Waals surface area contributed by atoms with Gasteiger partial charge in [-0.15, -0.1) is 0 Å². The molecule has 1 atom stereocenters. The molecule has 2 aliphatic rings. The van der Waals surface area contributed by atoms with Crippen molar-refractivity contribution in [1.82, 2.24) is 4.90 Å².